The van der Waals surface area contributed by atoms with Crippen LogP contribution in [0.4, 0.5) is 0 Å². The third kappa shape index (κ3) is 3.76. The van der Waals surface area contributed by atoms with E-state index in [4.69, 9.17) is 28.3 Å². The number of carbonyl (C=O) groups is 2. The molecule has 1 amide bonds. The van der Waals surface area contributed by atoms with E-state index in [1.165, 1.54) is 21.5 Å². The normalized spacial score (nSPS) is 10.9. The van der Waals surface area contributed by atoms with Gasteiger partial charge in [0, 0.05) is 11.2 Å². The summed E-state index contributed by atoms with van der Waals surface area (Å²) in [5.74, 6) is -2.86. The van der Waals surface area contributed by atoms with Gasteiger partial charge < -0.3 is 15.5 Å². The van der Waals surface area contributed by atoms with Crippen molar-refractivity contribution in [3.05, 3.63) is 68.1 Å². The van der Waals surface area contributed by atoms with Crippen molar-refractivity contribution in [1.82, 2.24) is 14.5 Å². The number of amides is 1. The van der Waals surface area contributed by atoms with Crippen LogP contribution < -0.4 is 10.9 Å². The summed E-state index contributed by atoms with van der Waals surface area (Å²) >= 11 is 11.9. The monoisotopic (exact) mass is 409 g/mol. The highest BCUT2D eigenvalue weighted by atomic mass is 35.5. The number of aromatic hydroxyl groups is 1. The van der Waals surface area contributed by atoms with E-state index >= 15 is 0 Å². The van der Waals surface area contributed by atoms with Gasteiger partial charge in [-0.05, 0) is 23.8 Å². The van der Waals surface area contributed by atoms with E-state index in [1.54, 1.807) is 24.3 Å². The van der Waals surface area contributed by atoms with Crippen molar-refractivity contribution in [2.45, 2.75) is 6.54 Å². The number of nitrogens with zero attached hydrogens (tertiary/aromatic N) is 2. The molecular formula is C17H13Cl2N3O5. The van der Waals surface area contributed by atoms with E-state index in [2.05, 4.69) is 5.32 Å². The van der Waals surface area contributed by atoms with Gasteiger partial charge in [-0.25, -0.2) is 4.68 Å². The molecule has 0 aliphatic carbocycles. The molecule has 2 heterocycles. The van der Waals surface area contributed by atoms with Crippen LogP contribution in [0.25, 0.3) is 5.52 Å². The van der Waals surface area contributed by atoms with Gasteiger partial charge in [0.2, 0.25) is 0 Å². The summed E-state index contributed by atoms with van der Waals surface area (Å²) in [5, 5.41) is 21.9. The van der Waals surface area contributed by atoms with Crippen molar-refractivity contribution in [1.29, 1.82) is 0 Å². The zero-order valence-corrected chi connectivity index (χ0v) is 15.2. The highest BCUT2D eigenvalue weighted by molar-refractivity contribution is 6.31. The van der Waals surface area contributed by atoms with Gasteiger partial charge in [-0.1, -0.05) is 35.3 Å². The molecule has 0 spiro atoms. The summed E-state index contributed by atoms with van der Waals surface area (Å²) < 4.78 is 2.54. The van der Waals surface area contributed by atoms with E-state index in [1.807, 2.05) is 0 Å². The smallest absolute Gasteiger partial charge is 0.322 e. The van der Waals surface area contributed by atoms with Gasteiger partial charge in [-0.3, -0.25) is 18.9 Å². The largest absolute Gasteiger partial charge is 0.505 e. The first-order chi connectivity index (χ1) is 12.8. The zero-order chi connectivity index (χ0) is 19.7. The third-order valence-corrected chi connectivity index (χ3v) is 4.29. The lowest BCUT2D eigenvalue weighted by molar-refractivity contribution is -0.135. The highest BCUT2D eigenvalue weighted by Crippen LogP contribution is 2.25. The lowest BCUT2D eigenvalue weighted by Gasteiger charge is -2.14. The first kappa shape index (κ1) is 18.8. The number of hydrogen-bond donors (Lipinski definition) is 3. The molecular weight excluding hydrogens is 397 g/mol. The molecule has 3 aromatic rings. The van der Waals surface area contributed by atoms with Crippen LogP contribution in [0.2, 0.25) is 10.0 Å². The van der Waals surface area contributed by atoms with E-state index in [9.17, 15) is 19.5 Å². The van der Waals surface area contributed by atoms with Crippen LogP contribution >= 0.6 is 23.2 Å². The minimum atomic E-state index is -1.28. The molecule has 3 rings (SSSR count). The summed E-state index contributed by atoms with van der Waals surface area (Å²) in [5.41, 5.74) is -0.512. The van der Waals surface area contributed by atoms with Crippen LogP contribution in [-0.4, -0.2) is 37.8 Å². The summed E-state index contributed by atoms with van der Waals surface area (Å²) in [6, 6.07) is 8.12. The van der Waals surface area contributed by atoms with Crippen molar-refractivity contribution >= 4 is 40.6 Å². The number of hydrogen-bond acceptors (Lipinski definition) is 4. The van der Waals surface area contributed by atoms with Crippen molar-refractivity contribution in [2.75, 3.05) is 6.54 Å². The fourth-order valence-corrected chi connectivity index (χ4v) is 2.93. The molecule has 0 radical (unpaired) electrons. The number of aromatic nitrogens is 2. The van der Waals surface area contributed by atoms with Crippen molar-refractivity contribution in [3.63, 3.8) is 0 Å². The average molecular weight is 410 g/mol. The van der Waals surface area contributed by atoms with Gasteiger partial charge >= 0.3 is 5.97 Å². The first-order valence-electron chi connectivity index (χ1n) is 7.66. The second-order valence-electron chi connectivity index (χ2n) is 5.68. The van der Waals surface area contributed by atoms with E-state index in [0.29, 0.717) is 5.02 Å². The Morgan fingerprint density at radius 3 is 2.41 bits per heavy atom. The van der Waals surface area contributed by atoms with Crippen LogP contribution in [-0.2, 0) is 11.3 Å². The Kier molecular flexibility index (Phi) is 5.11. The number of benzene rings is 1. The van der Waals surface area contributed by atoms with Gasteiger partial charge in [0.25, 0.3) is 11.5 Å². The van der Waals surface area contributed by atoms with Gasteiger partial charge in [-0.2, -0.15) is 0 Å². The van der Waals surface area contributed by atoms with Gasteiger partial charge in [0.1, 0.15) is 17.6 Å². The zero-order valence-electron chi connectivity index (χ0n) is 13.6. The summed E-state index contributed by atoms with van der Waals surface area (Å²) in [6.45, 7) is -0.626. The Balaban J connectivity index is 2.16. The molecule has 10 heteroatoms. The molecule has 140 valence electrons. The molecule has 0 saturated heterocycles. The summed E-state index contributed by atoms with van der Waals surface area (Å²) in [6.07, 6.45) is 1.42. The molecule has 2 aromatic heterocycles. The van der Waals surface area contributed by atoms with Crippen LogP contribution in [0.3, 0.4) is 0 Å². The molecule has 3 N–H and O–H groups in total. The Bertz CT molecular complexity index is 1100. The lowest BCUT2D eigenvalue weighted by Crippen LogP contribution is -2.37. The Morgan fingerprint density at radius 1 is 1.11 bits per heavy atom. The number of carboxylic acids is 1. The predicted octanol–water partition coefficient (Wildman–Crippen LogP) is 1.98. The van der Waals surface area contributed by atoms with E-state index < -0.39 is 35.3 Å². The van der Waals surface area contributed by atoms with Gasteiger partial charge in [-0.15, -0.1) is 0 Å². The van der Waals surface area contributed by atoms with Crippen LogP contribution in [0.15, 0.2) is 41.3 Å². The molecule has 0 bridgehead atoms. The number of rotatable bonds is 5. The molecule has 1 aromatic carbocycles. The standard InChI is InChI=1S/C17H13Cl2N3O5/c18-10-3-1-9(2-4-10)7-22-17(27)14(16(26)20-6-13(23)24)15(25)12-5-11(19)8-21(12)22/h1-5,8,25H,6-7H2,(H,20,26)(H,23,24). The molecule has 0 aliphatic rings. The molecule has 0 saturated carbocycles. The average Bonchev–Trinajstić information content (AvgIpc) is 3.00. The highest BCUT2D eigenvalue weighted by Gasteiger charge is 2.23. The minimum absolute atomic E-state index is 0.0665. The van der Waals surface area contributed by atoms with Crippen molar-refractivity contribution in [2.24, 2.45) is 0 Å². The summed E-state index contributed by atoms with van der Waals surface area (Å²) in [7, 11) is 0. The fraction of sp³-hybridized carbons (Fsp3) is 0.118. The van der Waals surface area contributed by atoms with Crippen LogP contribution in [0, 0.1) is 0 Å². The molecule has 27 heavy (non-hydrogen) atoms. The number of carboxylic acid groups (broad SMARTS) is 1. The second kappa shape index (κ2) is 7.34. The Morgan fingerprint density at radius 2 is 1.78 bits per heavy atom. The quantitative estimate of drug-likeness (QED) is 0.596. The van der Waals surface area contributed by atoms with Crippen LogP contribution in [0.1, 0.15) is 15.9 Å². The second-order valence-corrected chi connectivity index (χ2v) is 6.55. The maximum atomic E-state index is 12.9. The van der Waals surface area contributed by atoms with E-state index in [-0.39, 0.29) is 17.1 Å². The molecule has 0 aliphatic heterocycles. The van der Waals surface area contributed by atoms with Crippen molar-refractivity contribution < 1.29 is 19.8 Å². The molecule has 0 atom stereocenters. The lowest BCUT2D eigenvalue weighted by atomic mass is 10.2. The molecule has 0 fully saturated rings. The van der Waals surface area contributed by atoms with Gasteiger partial charge in [0.15, 0.2) is 5.75 Å². The van der Waals surface area contributed by atoms with Crippen LogP contribution in [0.5, 0.6) is 5.75 Å². The number of fused-ring (bicyclic) bond motifs is 1. The van der Waals surface area contributed by atoms with E-state index in [0.717, 1.165) is 5.56 Å². The molecule has 8 nitrogen and oxygen atoms in total. The minimum Gasteiger partial charge on any atom is -0.505 e. The van der Waals surface area contributed by atoms with Crippen molar-refractivity contribution in [3.8, 4) is 5.75 Å². The predicted molar refractivity (Wildman–Crippen MR) is 98.9 cm³/mol. The Labute approximate surface area is 162 Å². The number of halogens is 2. The number of carbonyl (C=O) groups excluding carboxylic acids is 1. The maximum Gasteiger partial charge on any atom is 0.322 e. The molecule has 0 unspecified atom stereocenters. The maximum absolute atomic E-state index is 12.9. The Hall–Kier alpha value is -2.97. The fourth-order valence-electron chi connectivity index (χ4n) is 2.61. The topological polar surface area (TPSA) is 113 Å². The third-order valence-electron chi connectivity index (χ3n) is 3.83. The summed E-state index contributed by atoms with van der Waals surface area (Å²) in [4.78, 5) is 35.8. The SMILES string of the molecule is O=C(O)CNC(=O)c1c(O)c2cc(Cl)cn2n(Cc2ccc(Cl)cc2)c1=O. The number of nitrogens with one attached hydrogen (secondary N) is 1. The number of aliphatic carboxylic acids is 1. The van der Waals surface area contributed by atoms with Gasteiger partial charge in [0.05, 0.1) is 11.6 Å². The first-order valence-corrected chi connectivity index (χ1v) is 8.41.